The molecule has 1 rings (SSSR count). The van der Waals surface area contributed by atoms with Gasteiger partial charge in [-0.15, -0.1) is 0 Å². The highest BCUT2D eigenvalue weighted by Crippen LogP contribution is 2.11. The number of hydrogen-bond donors (Lipinski definition) is 2. The number of aliphatic hydroxyl groups is 1. The van der Waals surface area contributed by atoms with E-state index in [1.165, 1.54) is 5.56 Å². The summed E-state index contributed by atoms with van der Waals surface area (Å²) in [6, 6.07) is -0.129. The van der Waals surface area contributed by atoms with E-state index in [9.17, 15) is 4.79 Å². The third-order valence-corrected chi connectivity index (χ3v) is 3.35. The highest BCUT2D eigenvalue weighted by Gasteiger charge is 2.12. The summed E-state index contributed by atoms with van der Waals surface area (Å²) in [5.74, 6) is 0. The van der Waals surface area contributed by atoms with Crippen LogP contribution in [-0.4, -0.2) is 52.1 Å². The number of amides is 2. The number of nitrogens with one attached hydrogen (secondary N) is 1. The molecule has 108 valence electrons. The molecule has 0 aliphatic heterocycles. The molecule has 0 spiro atoms. The first kappa shape index (κ1) is 15.5. The zero-order valence-electron chi connectivity index (χ0n) is 12.2. The molecule has 0 atom stereocenters. The van der Waals surface area contributed by atoms with Crippen molar-refractivity contribution in [2.45, 2.75) is 27.2 Å². The summed E-state index contributed by atoms with van der Waals surface area (Å²) < 4.78 is 1.86. The van der Waals surface area contributed by atoms with E-state index < -0.39 is 0 Å². The van der Waals surface area contributed by atoms with Crippen molar-refractivity contribution in [3.05, 3.63) is 17.0 Å². The van der Waals surface area contributed by atoms with Gasteiger partial charge < -0.3 is 15.3 Å². The van der Waals surface area contributed by atoms with Gasteiger partial charge in [-0.25, -0.2) is 4.79 Å². The highest BCUT2D eigenvalue weighted by atomic mass is 16.3. The molecule has 0 saturated carbocycles. The van der Waals surface area contributed by atoms with E-state index in [0.717, 1.165) is 17.8 Å². The van der Waals surface area contributed by atoms with Crippen LogP contribution in [0.5, 0.6) is 0 Å². The van der Waals surface area contributed by atoms with Gasteiger partial charge in [0.05, 0.1) is 12.3 Å². The third-order valence-electron chi connectivity index (χ3n) is 3.35. The van der Waals surface area contributed by atoms with Crippen LogP contribution in [0.3, 0.4) is 0 Å². The average molecular weight is 268 g/mol. The van der Waals surface area contributed by atoms with Gasteiger partial charge in [0.2, 0.25) is 0 Å². The monoisotopic (exact) mass is 268 g/mol. The Bertz CT molecular complexity index is 429. The lowest BCUT2D eigenvalue weighted by Gasteiger charge is -2.20. The number of carbonyl (C=O) groups is 1. The third kappa shape index (κ3) is 3.96. The van der Waals surface area contributed by atoms with E-state index in [4.69, 9.17) is 5.11 Å². The second kappa shape index (κ2) is 7.13. The number of aryl methyl sites for hydroxylation is 2. The van der Waals surface area contributed by atoms with Crippen molar-refractivity contribution in [1.29, 1.82) is 0 Å². The normalized spacial score (nSPS) is 10.6. The number of nitrogens with zero attached hydrogens (tertiary/aromatic N) is 3. The lowest BCUT2D eigenvalue weighted by atomic mass is 10.1. The zero-order valence-corrected chi connectivity index (χ0v) is 12.2. The van der Waals surface area contributed by atoms with Gasteiger partial charge in [-0.3, -0.25) is 4.68 Å². The molecule has 0 radical (unpaired) electrons. The standard InChI is InChI=1S/C13H24N4O2/c1-5-17(8-9-18)13(19)14-7-6-12-10(2)15-16(4)11(12)3/h18H,5-9H2,1-4H3,(H,14,19). The van der Waals surface area contributed by atoms with Crippen molar-refractivity contribution in [2.75, 3.05) is 26.2 Å². The molecule has 19 heavy (non-hydrogen) atoms. The van der Waals surface area contributed by atoms with Gasteiger partial charge in [0, 0.05) is 32.4 Å². The lowest BCUT2D eigenvalue weighted by molar-refractivity contribution is 0.180. The molecule has 2 amide bonds. The number of aliphatic hydroxyl groups excluding tert-OH is 1. The van der Waals surface area contributed by atoms with Crippen molar-refractivity contribution >= 4 is 6.03 Å². The maximum absolute atomic E-state index is 11.8. The van der Waals surface area contributed by atoms with Gasteiger partial charge >= 0.3 is 6.03 Å². The Kier molecular flexibility index (Phi) is 5.82. The average Bonchev–Trinajstić information content (AvgIpc) is 2.62. The molecule has 0 aromatic carbocycles. The molecule has 6 nitrogen and oxygen atoms in total. The molecule has 2 N–H and O–H groups in total. The summed E-state index contributed by atoms with van der Waals surface area (Å²) in [4.78, 5) is 13.4. The fraction of sp³-hybridized carbons (Fsp3) is 0.692. The minimum absolute atomic E-state index is 0.0118. The summed E-state index contributed by atoms with van der Waals surface area (Å²) in [7, 11) is 1.92. The molecule has 0 unspecified atom stereocenters. The van der Waals surface area contributed by atoms with Crippen molar-refractivity contribution in [3.63, 3.8) is 0 Å². The van der Waals surface area contributed by atoms with Crippen LogP contribution in [0.4, 0.5) is 4.79 Å². The Morgan fingerprint density at radius 2 is 2.16 bits per heavy atom. The maximum atomic E-state index is 11.8. The fourth-order valence-electron chi connectivity index (χ4n) is 2.11. The minimum Gasteiger partial charge on any atom is -0.395 e. The van der Waals surface area contributed by atoms with Gasteiger partial charge in [-0.05, 0) is 32.8 Å². The first-order chi connectivity index (χ1) is 9.01. The number of likely N-dealkylation sites (N-methyl/N-ethyl adjacent to an activating group) is 1. The topological polar surface area (TPSA) is 70.4 Å². The van der Waals surface area contributed by atoms with Crippen molar-refractivity contribution in [1.82, 2.24) is 20.0 Å². The molecule has 0 aliphatic carbocycles. The molecule has 1 aromatic heterocycles. The van der Waals surface area contributed by atoms with Crippen LogP contribution < -0.4 is 5.32 Å². The summed E-state index contributed by atoms with van der Waals surface area (Å²) in [6.07, 6.45) is 0.772. The molecule has 1 aromatic rings. The molecular formula is C13H24N4O2. The number of hydrogen-bond acceptors (Lipinski definition) is 3. The second-order valence-corrected chi connectivity index (χ2v) is 4.56. The summed E-state index contributed by atoms with van der Waals surface area (Å²) in [5.41, 5.74) is 3.33. The predicted octanol–water partition coefficient (Wildman–Crippen LogP) is 0.603. The van der Waals surface area contributed by atoms with Crippen LogP contribution >= 0.6 is 0 Å². The Balaban J connectivity index is 2.47. The van der Waals surface area contributed by atoms with Crippen LogP contribution in [0, 0.1) is 13.8 Å². The maximum Gasteiger partial charge on any atom is 0.317 e. The first-order valence-electron chi connectivity index (χ1n) is 6.64. The molecule has 0 saturated heterocycles. The minimum atomic E-state index is -0.129. The van der Waals surface area contributed by atoms with E-state index in [0.29, 0.717) is 19.6 Å². The molecular weight excluding hydrogens is 244 g/mol. The summed E-state index contributed by atoms with van der Waals surface area (Å²) >= 11 is 0. The van der Waals surface area contributed by atoms with Gasteiger partial charge in [0.25, 0.3) is 0 Å². The Morgan fingerprint density at radius 1 is 1.47 bits per heavy atom. The lowest BCUT2D eigenvalue weighted by Crippen LogP contribution is -2.42. The van der Waals surface area contributed by atoms with Crippen LogP contribution in [-0.2, 0) is 13.5 Å². The molecule has 0 aliphatic rings. The Labute approximate surface area is 114 Å². The van der Waals surface area contributed by atoms with E-state index in [-0.39, 0.29) is 12.6 Å². The van der Waals surface area contributed by atoms with Crippen molar-refractivity contribution < 1.29 is 9.90 Å². The Morgan fingerprint density at radius 3 is 2.63 bits per heavy atom. The van der Waals surface area contributed by atoms with Crippen LogP contribution in [0.15, 0.2) is 0 Å². The fourth-order valence-corrected chi connectivity index (χ4v) is 2.11. The van der Waals surface area contributed by atoms with Crippen LogP contribution in [0.1, 0.15) is 23.9 Å². The summed E-state index contributed by atoms with van der Waals surface area (Å²) in [5, 5.41) is 16.1. The van der Waals surface area contributed by atoms with E-state index >= 15 is 0 Å². The first-order valence-corrected chi connectivity index (χ1v) is 6.64. The molecule has 0 bridgehead atoms. The van der Waals surface area contributed by atoms with Crippen molar-refractivity contribution in [2.24, 2.45) is 7.05 Å². The molecule has 6 heteroatoms. The predicted molar refractivity (Wildman–Crippen MR) is 74.1 cm³/mol. The Hall–Kier alpha value is -1.56. The largest absolute Gasteiger partial charge is 0.395 e. The van der Waals surface area contributed by atoms with Gasteiger partial charge in [-0.2, -0.15) is 5.10 Å². The molecule has 0 fully saturated rings. The van der Waals surface area contributed by atoms with E-state index in [1.807, 2.05) is 32.5 Å². The van der Waals surface area contributed by atoms with Crippen LogP contribution in [0.25, 0.3) is 0 Å². The van der Waals surface area contributed by atoms with E-state index in [1.54, 1.807) is 4.90 Å². The van der Waals surface area contributed by atoms with Gasteiger partial charge in [0.15, 0.2) is 0 Å². The highest BCUT2D eigenvalue weighted by molar-refractivity contribution is 5.74. The summed E-state index contributed by atoms with van der Waals surface area (Å²) in [6.45, 7) is 7.43. The smallest absolute Gasteiger partial charge is 0.317 e. The molecule has 1 heterocycles. The quantitative estimate of drug-likeness (QED) is 0.794. The number of rotatable bonds is 6. The number of carbonyl (C=O) groups excluding carboxylic acids is 1. The van der Waals surface area contributed by atoms with Crippen LogP contribution in [0.2, 0.25) is 0 Å². The number of aromatic nitrogens is 2. The van der Waals surface area contributed by atoms with Gasteiger partial charge in [-0.1, -0.05) is 0 Å². The van der Waals surface area contributed by atoms with Gasteiger partial charge in [0.1, 0.15) is 0 Å². The van der Waals surface area contributed by atoms with Crippen molar-refractivity contribution in [3.8, 4) is 0 Å². The number of urea groups is 1. The SMILES string of the molecule is CCN(CCO)C(=O)NCCc1c(C)nn(C)c1C. The van der Waals surface area contributed by atoms with E-state index in [2.05, 4.69) is 10.4 Å². The second-order valence-electron chi connectivity index (χ2n) is 4.56. The zero-order chi connectivity index (χ0) is 14.4.